The second-order valence-electron chi connectivity index (χ2n) is 29.6. The van der Waals surface area contributed by atoms with Crippen LogP contribution in [0.25, 0.3) is 0 Å². The summed E-state index contributed by atoms with van der Waals surface area (Å²) in [5.41, 5.74) is 0. The smallest absolute Gasteiger partial charge is 0.135 e. The third kappa shape index (κ3) is 60.7. The van der Waals surface area contributed by atoms with Gasteiger partial charge in [-0.05, 0) is 43.9 Å². The Bertz CT molecular complexity index is 1330. The summed E-state index contributed by atoms with van der Waals surface area (Å²) in [4.78, 5) is 24.5. The van der Waals surface area contributed by atoms with E-state index in [4.69, 9.17) is 0 Å². The number of ketones is 1. The van der Waals surface area contributed by atoms with Crippen LogP contribution in [0.15, 0.2) is 0 Å². The number of aliphatic hydroxyl groups excluding tert-OH is 1. The molecule has 1 rings (SSSR count). The number of aliphatic hydroxyl groups is 1. The lowest BCUT2D eigenvalue weighted by molar-refractivity contribution is -0.314. The van der Waals surface area contributed by atoms with E-state index in [1.54, 1.807) is 0 Å². The van der Waals surface area contributed by atoms with E-state index in [9.17, 15) is 19.8 Å². The number of hydrogen-bond acceptors (Lipinski definition) is 4. The first-order valence-corrected chi connectivity index (χ1v) is 40.8. The molecule has 0 aromatic rings. The van der Waals surface area contributed by atoms with Crippen molar-refractivity contribution < 1.29 is 19.8 Å². The Hall–Kier alpha value is -0.900. The number of carbonyl (C=O) groups excluding carboxylic acids is 2. The Labute approximate surface area is 541 Å². The Morgan fingerprint density at radius 3 is 0.767 bits per heavy atom. The highest BCUT2D eigenvalue weighted by Crippen LogP contribution is 2.46. The first-order valence-electron chi connectivity index (χ1n) is 40.8. The summed E-state index contributed by atoms with van der Waals surface area (Å²) >= 11 is 0. The largest absolute Gasteiger partial charge is 0.550 e. The van der Waals surface area contributed by atoms with Crippen molar-refractivity contribution in [3.05, 3.63) is 0 Å². The van der Waals surface area contributed by atoms with Crippen LogP contribution in [0, 0.1) is 23.7 Å². The van der Waals surface area contributed by atoms with E-state index in [1.165, 1.54) is 405 Å². The lowest BCUT2D eigenvalue weighted by Gasteiger charge is -2.24. The minimum Gasteiger partial charge on any atom is -0.550 e. The van der Waals surface area contributed by atoms with Gasteiger partial charge in [-0.1, -0.05) is 445 Å². The van der Waals surface area contributed by atoms with E-state index >= 15 is 0 Å². The summed E-state index contributed by atoms with van der Waals surface area (Å²) in [6.07, 6.45) is 95.9. The average Bonchev–Trinajstić information content (AvgIpc) is 4.49. The van der Waals surface area contributed by atoms with Crippen LogP contribution in [0.2, 0.25) is 0 Å². The minimum absolute atomic E-state index is 0.281. The highest BCUT2D eigenvalue weighted by atomic mass is 16.4. The van der Waals surface area contributed by atoms with Crippen molar-refractivity contribution >= 4 is 11.8 Å². The number of hydrogen-bond donors (Lipinski definition) is 1. The molecule has 0 aromatic heterocycles. The number of rotatable bonds is 76. The van der Waals surface area contributed by atoms with E-state index in [2.05, 4.69) is 20.8 Å². The standard InChI is InChI=1S/C82H160O4/c1-4-6-8-10-12-14-16-18-20-22-23-24-25-29-36-42-48-54-60-66-72-79(82(85)86)81(84)74-68-62-56-50-44-38-30-26-28-34-40-46-52-58-64-70-77-75-78(77)71-65-59-53-47-41-35-31-32-37-43-49-55-61-67-73-80(83)76(3)69-63-57-51-45-39-33-27-21-19-17-15-13-11-9-7-5-2/h76-79,81,84H,4-75H2,1-3H3,(H,85,86)/p-1. The van der Waals surface area contributed by atoms with E-state index in [0.717, 1.165) is 56.8 Å². The zero-order valence-electron chi connectivity index (χ0n) is 59.5. The monoisotopic (exact) mass is 1210 g/mol. The van der Waals surface area contributed by atoms with Gasteiger partial charge in [-0.25, -0.2) is 0 Å². The van der Waals surface area contributed by atoms with Crippen molar-refractivity contribution in [2.45, 2.75) is 489 Å². The van der Waals surface area contributed by atoms with Crippen LogP contribution in [0.1, 0.15) is 483 Å². The van der Waals surface area contributed by atoms with E-state index in [-0.39, 0.29) is 5.92 Å². The number of carboxylic acids is 1. The van der Waals surface area contributed by atoms with Gasteiger partial charge >= 0.3 is 0 Å². The molecule has 0 bridgehead atoms. The van der Waals surface area contributed by atoms with Crippen LogP contribution < -0.4 is 5.11 Å². The normalized spacial score (nSPS) is 15.2. The van der Waals surface area contributed by atoms with Gasteiger partial charge in [0.25, 0.3) is 0 Å². The summed E-state index contributed by atoms with van der Waals surface area (Å²) in [7, 11) is 0. The molecule has 0 radical (unpaired) electrons. The number of Topliss-reactive ketones (excluding diaryl/α,β-unsaturated/α-hetero) is 1. The van der Waals surface area contributed by atoms with E-state index in [1.807, 2.05) is 0 Å². The molecule has 4 heteroatoms. The van der Waals surface area contributed by atoms with Gasteiger partial charge in [0.1, 0.15) is 5.78 Å². The number of unbranched alkanes of at least 4 members (excludes halogenated alkanes) is 61. The SMILES string of the molecule is CCCCCCCCCCCCCCCCCCCCCCC(C(=O)[O-])C(O)CCCCCCCCCCCCCCCCCC1CC1CCCCCCCCCCCCCCCCC(=O)C(C)CCCCCCCCCCCCCCCCCC. The van der Waals surface area contributed by atoms with Crippen molar-refractivity contribution in [2.75, 3.05) is 0 Å². The van der Waals surface area contributed by atoms with Crippen LogP contribution >= 0.6 is 0 Å². The van der Waals surface area contributed by atoms with Crippen molar-refractivity contribution in [1.82, 2.24) is 0 Å². The molecule has 0 spiro atoms. The average molecular weight is 1210 g/mol. The van der Waals surface area contributed by atoms with Gasteiger partial charge in [-0.2, -0.15) is 0 Å². The van der Waals surface area contributed by atoms with Gasteiger partial charge in [0.2, 0.25) is 0 Å². The molecule has 0 aliphatic heterocycles. The molecule has 0 amide bonds. The van der Waals surface area contributed by atoms with E-state index < -0.39 is 18.0 Å². The molecule has 0 heterocycles. The minimum atomic E-state index is -1.05. The quantitative estimate of drug-likeness (QED) is 0.0616. The van der Waals surface area contributed by atoms with Crippen LogP contribution in [0.4, 0.5) is 0 Å². The van der Waals surface area contributed by atoms with Crippen LogP contribution in [-0.2, 0) is 9.59 Å². The molecule has 1 saturated carbocycles. The highest BCUT2D eigenvalue weighted by Gasteiger charge is 2.35. The zero-order chi connectivity index (χ0) is 62.0. The van der Waals surface area contributed by atoms with Crippen molar-refractivity contribution in [3.8, 4) is 0 Å². The predicted octanol–water partition coefficient (Wildman–Crippen LogP) is 27.3. The molecule has 4 nitrogen and oxygen atoms in total. The van der Waals surface area contributed by atoms with Gasteiger partial charge in [0.05, 0.1) is 6.10 Å². The summed E-state index contributed by atoms with van der Waals surface area (Å²) in [5.74, 6) is 1.22. The molecule has 86 heavy (non-hydrogen) atoms. The lowest BCUT2D eigenvalue weighted by atomic mass is 9.91. The number of carboxylic acid groups (broad SMARTS) is 1. The maximum atomic E-state index is 12.7. The lowest BCUT2D eigenvalue weighted by Crippen LogP contribution is -2.38. The maximum Gasteiger partial charge on any atom is 0.135 e. The van der Waals surface area contributed by atoms with Crippen molar-refractivity contribution in [3.63, 3.8) is 0 Å². The van der Waals surface area contributed by atoms with Gasteiger partial charge in [0, 0.05) is 24.2 Å². The Kier molecular flexibility index (Phi) is 66.2. The summed E-state index contributed by atoms with van der Waals surface area (Å²) in [6, 6.07) is 0. The zero-order valence-corrected chi connectivity index (χ0v) is 59.5. The molecule has 1 aliphatic carbocycles. The third-order valence-corrected chi connectivity index (χ3v) is 21.1. The molecule has 0 aromatic carbocycles. The third-order valence-electron chi connectivity index (χ3n) is 21.1. The van der Waals surface area contributed by atoms with E-state index in [0.29, 0.717) is 18.6 Å². The molecule has 0 saturated heterocycles. The second-order valence-corrected chi connectivity index (χ2v) is 29.6. The Morgan fingerprint density at radius 2 is 0.512 bits per heavy atom. The van der Waals surface area contributed by atoms with Crippen LogP contribution in [0.5, 0.6) is 0 Å². The molecule has 1 aliphatic rings. The summed E-state index contributed by atoms with van der Waals surface area (Å²) < 4.78 is 0. The van der Waals surface area contributed by atoms with Crippen LogP contribution in [-0.4, -0.2) is 23.0 Å². The fraction of sp³-hybridized carbons (Fsp3) is 0.976. The number of carbonyl (C=O) groups is 2. The van der Waals surface area contributed by atoms with Gasteiger partial charge in [0.15, 0.2) is 0 Å². The molecule has 512 valence electrons. The Balaban J connectivity index is 1.75. The van der Waals surface area contributed by atoms with Crippen molar-refractivity contribution in [2.24, 2.45) is 23.7 Å². The molecular formula is C82H159O4-. The highest BCUT2D eigenvalue weighted by molar-refractivity contribution is 5.80. The topological polar surface area (TPSA) is 77.4 Å². The number of aliphatic carboxylic acids is 1. The second kappa shape index (κ2) is 68.5. The first-order chi connectivity index (χ1) is 42.4. The molecular weight excluding hydrogens is 1050 g/mol. The maximum absolute atomic E-state index is 12.7. The van der Waals surface area contributed by atoms with Crippen LogP contribution in [0.3, 0.4) is 0 Å². The first kappa shape index (κ1) is 83.1. The molecule has 1 fully saturated rings. The summed E-state index contributed by atoms with van der Waals surface area (Å²) in [6.45, 7) is 6.79. The van der Waals surface area contributed by atoms with Gasteiger partial charge in [-0.15, -0.1) is 0 Å². The fourth-order valence-corrected chi connectivity index (χ4v) is 14.6. The summed E-state index contributed by atoms with van der Waals surface area (Å²) in [5, 5.41) is 22.5. The van der Waals surface area contributed by atoms with Crippen molar-refractivity contribution in [1.29, 1.82) is 0 Å². The van der Waals surface area contributed by atoms with Gasteiger partial charge < -0.3 is 15.0 Å². The fourth-order valence-electron chi connectivity index (χ4n) is 14.6. The molecule has 5 atom stereocenters. The molecule has 5 unspecified atom stereocenters. The predicted molar refractivity (Wildman–Crippen MR) is 379 cm³/mol. The van der Waals surface area contributed by atoms with Gasteiger partial charge in [-0.3, -0.25) is 4.79 Å². The Morgan fingerprint density at radius 1 is 0.302 bits per heavy atom. The molecule has 1 N–H and O–H groups in total.